The summed E-state index contributed by atoms with van der Waals surface area (Å²) >= 11 is 3.19. The molecule has 0 N–H and O–H groups in total. The van der Waals surface area contributed by atoms with Gasteiger partial charge < -0.3 is 4.74 Å². The average molecular weight is 207 g/mol. The molecule has 0 aromatic carbocycles. The standard InChI is InChI=1S/C8H15BrO/c1-8(2,3)10-7-5-4-6-9/h4,6H,5,7H2,1-3H3/b6-4-. The molecular weight excluding hydrogens is 192 g/mol. The SMILES string of the molecule is CC(C)(C)OCC/C=C\Br. The highest BCUT2D eigenvalue weighted by Gasteiger charge is 2.07. The van der Waals surface area contributed by atoms with Crippen LogP contribution in [0.2, 0.25) is 0 Å². The monoisotopic (exact) mass is 206 g/mol. The van der Waals surface area contributed by atoms with Gasteiger partial charge in [-0.25, -0.2) is 0 Å². The fourth-order valence-corrected chi connectivity index (χ4v) is 0.760. The molecule has 0 spiro atoms. The van der Waals surface area contributed by atoms with Crippen molar-refractivity contribution >= 4 is 15.9 Å². The lowest BCUT2D eigenvalue weighted by molar-refractivity contribution is -0.0000868. The van der Waals surface area contributed by atoms with E-state index in [9.17, 15) is 0 Å². The van der Waals surface area contributed by atoms with Gasteiger partial charge in [0.1, 0.15) is 0 Å². The van der Waals surface area contributed by atoms with Crippen LogP contribution in [0, 0.1) is 0 Å². The highest BCUT2D eigenvalue weighted by atomic mass is 79.9. The van der Waals surface area contributed by atoms with Crippen molar-refractivity contribution in [3.8, 4) is 0 Å². The van der Waals surface area contributed by atoms with Crippen molar-refractivity contribution in [2.45, 2.75) is 32.8 Å². The molecule has 60 valence electrons. The van der Waals surface area contributed by atoms with E-state index in [4.69, 9.17) is 4.74 Å². The maximum Gasteiger partial charge on any atom is 0.0598 e. The molecule has 0 radical (unpaired) electrons. The number of hydrogen-bond acceptors (Lipinski definition) is 1. The van der Waals surface area contributed by atoms with Gasteiger partial charge in [0.05, 0.1) is 12.2 Å². The van der Waals surface area contributed by atoms with E-state index in [2.05, 4.69) is 36.7 Å². The van der Waals surface area contributed by atoms with Crippen LogP contribution in [0.25, 0.3) is 0 Å². The first-order valence-electron chi connectivity index (χ1n) is 3.45. The lowest BCUT2D eigenvalue weighted by Crippen LogP contribution is -2.19. The summed E-state index contributed by atoms with van der Waals surface area (Å²) in [5, 5.41) is 0. The maximum atomic E-state index is 5.46. The van der Waals surface area contributed by atoms with Gasteiger partial charge in [-0.15, -0.1) is 0 Å². The Morgan fingerprint density at radius 2 is 2.00 bits per heavy atom. The Morgan fingerprint density at radius 3 is 2.40 bits per heavy atom. The molecule has 0 saturated heterocycles. The summed E-state index contributed by atoms with van der Waals surface area (Å²) in [6, 6.07) is 0. The Labute approximate surface area is 71.6 Å². The zero-order chi connectivity index (χ0) is 8.04. The fraction of sp³-hybridized carbons (Fsp3) is 0.750. The van der Waals surface area contributed by atoms with Gasteiger partial charge in [0.15, 0.2) is 0 Å². The zero-order valence-electron chi connectivity index (χ0n) is 6.86. The Bertz CT molecular complexity index is 102. The van der Waals surface area contributed by atoms with E-state index in [1.54, 1.807) is 0 Å². The summed E-state index contributed by atoms with van der Waals surface area (Å²) < 4.78 is 5.46. The second-order valence-corrected chi connectivity index (χ2v) is 3.64. The Hall–Kier alpha value is 0.180. The van der Waals surface area contributed by atoms with Crippen molar-refractivity contribution in [3.63, 3.8) is 0 Å². The van der Waals surface area contributed by atoms with E-state index in [0.717, 1.165) is 13.0 Å². The van der Waals surface area contributed by atoms with Gasteiger partial charge in [-0.05, 0) is 32.2 Å². The Balaban J connectivity index is 3.20. The summed E-state index contributed by atoms with van der Waals surface area (Å²) in [7, 11) is 0. The molecule has 0 saturated carbocycles. The Morgan fingerprint density at radius 1 is 1.40 bits per heavy atom. The normalized spacial score (nSPS) is 12.8. The molecule has 0 unspecified atom stereocenters. The first kappa shape index (κ1) is 10.2. The quantitative estimate of drug-likeness (QED) is 0.646. The first-order valence-corrected chi connectivity index (χ1v) is 4.37. The van der Waals surface area contributed by atoms with Crippen molar-refractivity contribution in [2.24, 2.45) is 0 Å². The summed E-state index contributed by atoms with van der Waals surface area (Å²) in [6.07, 6.45) is 3.01. The molecule has 0 aromatic rings. The highest BCUT2D eigenvalue weighted by molar-refractivity contribution is 9.11. The van der Waals surface area contributed by atoms with Crippen LogP contribution in [0.5, 0.6) is 0 Å². The predicted octanol–water partition coefficient (Wildman–Crippen LogP) is 3.10. The largest absolute Gasteiger partial charge is 0.376 e. The third-order valence-electron chi connectivity index (χ3n) is 0.909. The van der Waals surface area contributed by atoms with E-state index in [1.165, 1.54) is 0 Å². The fourth-order valence-electron chi connectivity index (χ4n) is 0.496. The minimum atomic E-state index is 0.000152. The van der Waals surface area contributed by atoms with Crippen LogP contribution < -0.4 is 0 Å². The summed E-state index contributed by atoms with van der Waals surface area (Å²) in [6.45, 7) is 6.98. The highest BCUT2D eigenvalue weighted by Crippen LogP contribution is 2.06. The molecule has 0 rings (SSSR count). The van der Waals surface area contributed by atoms with Crippen LogP contribution in [0.1, 0.15) is 27.2 Å². The van der Waals surface area contributed by atoms with E-state index in [0.29, 0.717) is 0 Å². The Kier molecular flexibility index (Phi) is 5.00. The van der Waals surface area contributed by atoms with Gasteiger partial charge in [-0.1, -0.05) is 22.0 Å². The molecule has 10 heavy (non-hydrogen) atoms. The van der Waals surface area contributed by atoms with Gasteiger partial charge in [0.25, 0.3) is 0 Å². The van der Waals surface area contributed by atoms with E-state index in [-0.39, 0.29) is 5.60 Å². The topological polar surface area (TPSA) is 9.23 Å². The molecular formula is C8H15BrO. The lowest BCUT2D eigenvalue weighted by atomic mass is 10.2. The molecule has 0 heterocycles. The number of rotatable bonds is 3. The smallest absolute Gasteiger partial charge is 0.0598 e. The molecule has 2 heteroatoms. The molecule has 0 aliphatic heterocycles. The third-order valence-corrected chi connectivity index (χ3v) is 1.28. The zero-order valence-corrected chi connectivity index (χ0v) is 8.44. The summed E-state index contributed by atoms with van der Waals surface area (Å²) in [5.74, 6) is 0. The minimum Gasteiger partial charge on any atom is -0.376 e. The van der Waals surface area contributed by atoms with Crippen LogP contribution in [0.3, 0.4) is 0 Å². The molecule has 0 aliphatic carbocycles. The van der Waals surface area contributed by atoms with Gasteiger partial charge in [-0.2, -0.15) is 0 Å². The maximum absolute atomic E-state index is 5.46. The molecule has 0 bridgehead atoms. The number of halogens is 1. The molecule has 0 aliphatic rings. The van der Waals surface area contributed by atoms with Crippen LogP contribution in [0.4, 0.5) is 0 Å². The minimum absolute atomic E-state index is 0.000152. The molecule has 1 nitrogen and oxygen atoms in total. The molecule has 0 aromatic heterocycles. The van der Waals surface area contributed by atoms with Crippen molar-refractivity contribution in [1.82, 2.24) is 0 Å². The van der Waals surface area contributed by atoms with Crippen LogP contribution in [0.15, 0.2) is 11.1 Å². The summed E-state index contributed by atoms with van der Waals surface area (Å²) in [5.41, 5.74) is 0.000152. The molecule has 0 amide bonds. The average Bonchev–Trinajstić information content (AvgIpc) is 1.78. The van der Waals surface area contributed by atoms with Gasteiger partial charge >= 0.3 is 0 Å². The van der Waals surface area contributed by atoms with Crippen molar-refractivity contribution in [1.29, 1.82) is 0 Å². The predicted molar refractivity (Wildman–Crippen MR) is 48.4 cm³/mol. The van der Waals surface area contributed by atoms with Crippen LogP contribution in [-0.4, -0.2) is 12.2 Å². The van der Waals surface area contributed by atoms with Crippen molar-refractivity contribution in [3.05, 3.63) is 11.1 Å². The van der Waals surface area contributed by atoms with Gasteiger partial charge in [-0.3, -0.25) is 0 Å². The number of ether oxygens (including phenoxy) is 1. The van der Waals surface area contributed by atoms with E-state index in [1.807, 2.05) is 11.1 Å². The van der Waals surface area contributed by atoms with E-state index < -0.39 is 0 Å². The van der Waals surface area contributed by atoms with E-state index >= 15 is 0 Å². The first-order chi connectivity index (χ1) is 4.56. The number of hydrogen-bond donors (Lipinski definition) is 0. The van der Waals surface area contributed by atoms with Crippen LogP contribution >= 0.6 is 15.9 Å². The van der Waals surface area contributed by atoms with Crippen molar-refractivity contribution < 1.29 is 4.74 Å². The lowest BCUT2D eigenvalue weighted by Gasteiger charge is -2.18. The summed E-state index contributed by atoms with van der Waals surface area (Å²) in [4.78, 5) is 1.86. The van der Waals surface area contributed by atoms with Gasteiger partial charge in [0.2, 0.25) is 0 Å². The van der Waals surface area contributed by atoms with Gasteiger partial charge in [0, 0.05) is 0 Å². The van der Waals surface area contributed by atoms with Crippen molar-refractivity contribution in [2.75, 3.05) is 6.61 Å². The van der Waals surface area contributed by atoms with Crippen LogP contribution in [-0.2, 0) is 4.74 Å². The second kappa shape index (κ2) is 4.91. The molecule has 0 fully saturated rings. The second-order valence-electron chi connectivity index (χ2n) is 3.11. The third kappa shape index (κ3) is 8.18. The molecule has 0 atom stereocenters.